The third-order valence-corrected chi connectivity index (χ3v) is 2.52. The molecule has 1 aromatic rings. The van der Waals surface area contributed by atoms with Gasteiger partial charge in [-0.2, -0.15) is 0 Å². The molecular weight excluding hydrogens is 192 g/mol. The van der Waals surface area contributed by atoms with Crippen molar-refractivity contribution in [2.75, 3.05) is 31.2 Å². The van der Waals surface area contributed by atoms with E-state index >= 15 is 0 Å². The Morgan fingerprint density at radius 3 is 2.80 bits per heavy atom. The summed E-state index contributed by atoms with van der Waals surface area (Å²) in [6.45, 7) is 5.28. The van der Waals surface area contributed by atoms with E-state index in [0.717, 1.165) is 43.4 Å². The number of rotatable bonds is 2. The van der Waals surface area contributed by atoms with Crippen LogP contribution in [0.1, 0.15) is 11.3 Å². The largest absolute Gasteiger partial charge is 0.392 e. The van der Waals surface area contributed by atoms with E-state index in [2.05, 4.69) is 9.88 Å². The SMILES string of the molecule is Cc1cc(CO)cc(N2CCOCC2)n1. The number of aryl methyl sites for hydroxylation is 1. The van der Waals surface area contributed by atoms with Crippen LogP contribution in [-0.2, 0) is 11.3 Å². The van der Waals surface area contributed by atoms with Crippen molar-refractivity contribution in [1.82, 2.24) is 4.98 Å². The van der Waals surface area contributed by atoms with Gasteiger partial charge in [0.25, 0.3) is 0 Å². The number of hydrogen-bond donors (Lipinski definition) is 1. The van der Waals surface area contributed by atoms with Gasteiger partial charge in [-0.25, -0.2) is 4.98 Å². The molecule has 0 saturated carbocycles. The fraction of sp³-hybridized carbons (Fsp3) is 0.545. The second-order valence-electron chi connectivity index (χ2n) is 3.73. The first-order valence-electron chi connectivity index (χ1n) is 5.21. The number of pyridine rings is 1. The van der Waals surface area contributed by atoms with E-state index in [9.17, 15) is 0 Å². The van der Waals surface area contributed by atoms with Crippen LogP contribution in [0.25, 0.3) is 0 Å². The molecule has 1 aliphatic heterocycles. The minimum atomic E-state index is 0.0701. The molecule has 1 N–H and O–H groups in total. The molecule has 0 amide bonds. The maximum Gasteiger partial charge on any atom is 0.129 e. The van der Waals surface area contributed by atoms with E-state index in [1.54, 1.807) is 0 Å². The molecule has 0 radical (unpaired) electrons. The molecule has 1 fully saturated rings. The van der Waals surface area contributed by atoms with E-state index in [1.165, 1.54) is 0 Å². The molecule has 0 spiro atoms. The first-order valence-corrected chi connectivity index (χ1v) is 5.21. The van der Waals surface area contributed by atoms with Crippen molar-refractivity contribution in [3.63, 3.8) is 0 Å². The van der Waals surface area contributed by atoms with Gasteiger partial charge in [0, 0.05) is 18.8 Å². The zero-order chi connectivity index (χ0) is 10.7. The summed E-state index contributed by atoms with van der Waals surface area (Å²) in [6.07, 6.45) is 0. The zero-order valence-corrected chi connectivity index (χ0v) is 8.94. The molecule has 4 heteroatoms. The van der Waals surface area contributed by atoms with Crippen molar-refractivity contribution in [2.45, 2.75) is 13.5 Å². The van der Waals surface area contributed by atoms with Crippen molar-refractivity contribution in [3.8, 4) is 0 Å². The van der Waals surface area contributed by atoms with Gasteiger partial charge in [0.1, 0.15) is 5.82 Å². The van der Waals surface area contributed by atoms with Crippen molar-refractivity contribution in [3.05, 3.63) is 23.4 Å². The quantitative estimate of drug-likeness (QED) is 0.778. The normalized spacial score (nSPS) is 16.8. The first kappa shape index (κ1) is 10.4. The van der Waals surface area contributed by atoms with E-state index < -0.39 is 0 Å². The van der Waals surface area contributed by atoms with Crippen LogP contribution >= 0.6 is 0 Å². The van der Waals surface area contributed by atoms with E-state index in [-0.39, 0.29) is 6.61 Å². The summed E-state index contributed by atoms with van der Waals surface area (Å²) in [4.78, 5) is 6.65. The maximum atomic E-state index is 9.11. The molecule has 2 rings (SSSR count). The lowest BCUT2D eigenvalue weighted by Gasteiger charge is -2.28. The number of ether oxygens (including phenoxy) is 1. The molecule has 0 bridgehead atoms. The number of hydrogen-bond acceptors (Lipinski definition) is 4. The third-order valence-electron chi connectivity index (χ3n) is 2.52. The lowest BCUT2D eigenvalue weighted by molar-refractivity contribution is 0.122. The van der Waals surface area contributed by atoms with Crippen molar-refractivity contribution >= 4 is 5.82 Å². The molecule has 15 heavy (non-hydrogen) atoms. The molecular formula is C11H16N2O2. The molecule has 0 aliphatic carbocycles. The summed E-state index contributed by atoms with van der Waals surface area (Å²) >= 11 is 0. The van der Waals surface area contributed by atoms with Gasteiger partial charge in [0.2, 0.25) is 0 Å². The Bertz CT molecular complexity index is 335. The smallest absolute Gasteiger partial charge is 0.129 e. The maximum absolute atomic E-state index is 9.11. The van der Waals surface area contributed by atoms with E-state index in [4.69, 9.17) is 9.84 Å². The average Bonchev–Trinajstić information content (AvgIpc) is 2.29. The van der Waals surface area contributed by atoms with Gasteiger partial charge in [-0.1, -0.05) is 0 Å². The highest BCUT2D eigenvalue weighted by atomic mass is 16.5. The monoisotopic (exact) mass is 208 g/mol. The molecule has 0 aromatic carbocycles. The summed E-state index contributed by atoms with van der Waals surface area (Å²) in [5.41, 5.74) is 1.87. The standard InChI is InChI=1S/C11H16N2O2/c1-9-6-10(8-14)7-11(12-9)13-2-4-15-5-3-13/h6-7,14H,2-5,8H2,1H3. The number of morpholine rings is 1. The van der Waals surface area contributed by atoms with Gasteiger partial charge in [0.05, 0.1) is 19.8 Å². The fourth-order valence-corrected chi connectivity index (χ4v) is 1.77. The van der Waals surface area contributed by atoms with Gasteiger partial charge >= 0.3 is 0 Å². The Hall–Kier alpha value is -1.13. The third kappa shape index (κ3) is 2.46. The summed E-state index contributed by atoms with van der Waals surface area (Å²) < 4.78 is 5.29. The van der Waals surface area contributed by atoms with Crippen LogP contribution in [0.4, 0.5) is 5.82 Å². The Balaban J connectivity index is 2.22. The van der Waals surface area contributed by atoms with E-state index in [1.807, 2.05) is 19.1 Å². The zero-order valence-electron chi connectivity index (χ0n) is 8.94. The van der Waals surface area contributed by atoms with Gasteiger partial charge in [-0.15, -0.1) is 0 Å². The second kappa shape index (κ2) is 4.59. The number of nitrogens with zero attached hydrogens (tertiary/aromatic N) is 2. The van der Waals surface area contributed by atoms with Crippen molar-refractivity contribution in [2.24, 2.45) is 0 Å². The van der Waals surface area contributed by atoms with Crippen LogP contribution in [0.5, 0.6) is 0 Å². The molecule has 1 aliphatic rings. The van der Waals surface area contributed by atoms with E-state index in [0.29, 0.717) is 0 Å². The first-order chi connectivity index (χ1) is 7.29. The van der Waals surface area contributed by atoms with Crippen LogP contribution in [0.2, 0.25) is 0 Å². The van der Waals surface area contributed by atoms with Gasteiger partial charge in [0.15, 0.2) is 0 Å². The number of aromatic nitrogens is 1. The summed E-state index contributed by atoms with van der Waals surface area (Å²) in [5.74, 6) is 0.947. The molecule has 1 aromatic heterocycles. The molecule has 1 saturated heterocycles. The highest BCUT2D eigenvalue weighted by molar-refractivity contribution is 5.42. The van der Waals surface area contributed by atoms with Crippen LogP contribution < -0.4 is 4.90 Å². The van der Waals surface area contributed by atoms with Gasteiger partial charge in [-0.05, 0) is 24.6 Å². The molecule has 2 heterocycles. The number of anilines is 1. The lowest BCUT2D eigenvalue weighted by atomic mass is 10.2. The minimum Gasteiger partial charge on any atom is -0.392 e. The van der Waals surface area contributed by atoms with Crippen molar-refractivity contribution < 1.29 is 9.84 Å². The van der Waals surface area contributed by atoms with Gasteiger partial charge in [-0.3, -0.25) is 0 Å². The number of aliphatic hydroxyl groups is 1. The summed E-state index contributed by atoms with van der Waals surface area (Å²) in [5, 5.41) is 9.11. The van der Waals surface area contributed by atoms with Crippen molar-refractivity contribution in [1.29, 1.82) is 0 Å². The Labute approximate surface area is 89.5 Å². The predicted octanol–water partition coefficient (Wildman–Crippen LogP) is 0.719. The van der Waals surface area contributed by atoms with Gasteiger partial charge < -0.3 is 14.7 Å². The van der Waals surface area contributed by atoms with Crippen LogP contribution in [0, 0.1) is 6.92 Å². The predicted molar refractivity (Wildman–Crippen MR) is 57.9 cm³/mol. The summed E-state index contributed by atoms with van der Waals surface area (Å²) in [6, 6.07) is 3.85. The molecule has 82 valence electrons. The fourth-order valence-electron chi connectivity index (χ4n) is 1.77. The Morgan fingerprint density at radius 1 is 1.40 bits per heavy atom. The Morgan fingerprint density at radius 2 is 2.13 bits per heavy atom. The summed E-state index contributed by atoms with van der Waals surface area (Å²) in [7, 11) is 0. The number of aliphatic hydroxyl groups excluding tert-OH is 1. The minimum absolute atomic E-state index is 0.0701. The Kier molecular flexibility index (Phi) is 3.18. The molecule has 0 atom stereocenters. The lowest BCUT2D eigenvalue weighted by Crippen LogP contribution is -2.36. The van der Waals surface area contributed by atoms with Crippen LogP contribution in [-0.4, -0.2) is 36.4 Å². The van der Waals surface area contributed by atoms with Crippen LogP contribution in [0.3, 0.4) is 0 Å². The highest BCUT2D eigenvalue weighted by Crippen LogP contribution is 2.16. The topological polar surface area (TPSA) is 45.6 Å². The average molecular weight is 208 g/mol. The molecule has 4 nitrogen and oxygen atoms in total. The second-order valence-corrected chi connectivity index (χ2v) is 3.73. The highest BCUT2D eigenvalue weighted by Gasteiger charge is 2.13. The molecule has 0 unspecified atom stereocenters. The van der Waals surface area contributed by atoms with Crippen LogP contribution in [0.15, 0.2) is 12.1 Å².